The van der Waals surface area contributed by atoms with E-state index in [1.807, 2.05) is 11.7 Å². The molecule has 0 atom stereocenters. The maximum atomic E-state index is 4.24. The Morgan fingerprint density at radius 3 is 2.75 bits per heavy atom. The molecule has 1 N–H and O–H groups in total. The first-order valence-corrected chi connectivity index (χ1v) is 7.72. The minimum Gasteiger partial charge on any atom is -0.308 e. The number of nitrogens with zero attached hydrogens (tertiary/aromatic N) is 3. The fraction of sp³-hybridized carbons (Fsp3) is 0.467. The third-order valence-electron chi connectivity index (χ3n) is 2.89. The van der Waals surface area contributed by atoms with Crippen LogP contribution in [0, 0.1) is 0 Å². The molecule has 0 fully saturated rings. The van der Waals surface area contributed by atoms with E-state index in [0.29, 0.717) is 0 Å². The van der Waals surface area contributed by atoms with Crippen LogP contribution >= 0.6 is 11.8 Å². The Labute approximate surface area is 125 Å². The van der Waals surface area contributed by atoms with Crippen molar-refractivity contribution in [3.8, 4) is 0 Å². The SMILES string of the molecule is Cn1ncnc1CSc1cccc(CNC(C)(C)C)c1. The monoisotopic (exact) mass is 290 g/mol. The highest BCUT2D eigenvalue weighted by Crippen LogP contribution is 2.22. The number of aromatic nitrogens is 3. The maximum absolute atomic E-state index is 4.24. The second-order valence-corrected chi connectivity index (χ2v) is 6.89. The zero-order valence-electron chi connectivity index (χ0n) is 12.6. The molecule has 1 heterocycles. The number of aryl methyl sites for hydroxylation is 1. The van der Waals surface area contributed by atoms with Gasteiger partial charge in [0.2, 0.25) is 0 Å². The molecule has 0 radical (unpaired) electrons. The predicted octanol–water partition coefficient (Wildman–Crippen LogP) is 3.00. The standard InChI is InChI=1S/C15H22N4S/c1-15(2,3)17-9-12-6-5-7-13(8-12)20-10-14-16-11-18-19(14)4/h5-8,11,17H,9-10H2,1-4H3. The summed E-state index contributed by atoms with van der Waals surface area (Å²) in [6.45, 7) is 7.43. The number of rotatable bonds is 5. The molecule has 2 aromatic rings. The van der Waals surface area contributed by atoms with Crippen LogP contribution in [-0.4, -0.2) is 20.3 Å². The molecular weight excluding hydrogens is 268 g/mol. The molecule has 20 heavy (non-hydrogen) atoms. The highest BCUT2D eigenvalue weighted by atomic mass is 32.2. The number of hydrogen-bond acceptors (Lipinski definition) is 4. The molecule has 1 aromatic carbocycles. The van der Waals surface area contributed by atoms with Crippen molar-refractivity contribution in [3.63, 3.8) is 0 Å². The summed E-state index contributed by atoms with van der Waals surface area (Å²) in [6.07, 6.45) is 1.60. The Bertz CT molecular complexity index is 557. The third-order valence-corrected chi connectivity index (χ3v) is 3.88. The molecule has 4 nitrogen and oxygen atoms in total. The van der Waals surface area contributed by atoms with E-state index in [2.05, 4.69) is 60.4 Å². The molecule has 0 unspecified atom stereocenters. The van der Waals surface area contributed by atoms with Crippen molar-refractivity contribution in [2.45, 2.75) is 43.5 Å². The van der Waals surface area contributed by atoms with Crippen molar-refractivity contribution in [1.29, 1.82) is 0 Å². The van der Waals surface area contributed by atoms with Gasteiger partial charge >= 0.3 is 0 Å². The van der Waals surface area contributed by atoms with Crippen LogP contribution in [0.1, 0.15) is 32.2 Å². The van der Waals surface area contributed by atoms with Gasteiger partial charge in [0.1, 0.15) is 12.2 Å². The smallest absolute Gasteiger partial charge is 0.138 e. The van der Waals surface area contributed by atoms with Crippen LogP contribution in [0.5, 0.6) is 0 Å². The zero-order chi connectivity index (χ0) is 14.6. The molecule has 0 saturated carbocycles. The maximum Gasteiger partial charge on any atom is 0.138 e. The molecule has 0 aliphatic rings. The zero-order valence-corrected chi connectivity index (χ0v) is 13.4. The summed E-state index contributed by atoms with van der Waals surface area (Å²) < 4.78 is 1.82. The minimum absolute atomic E-state index is 0.141. The third kappa shape index (κ3) is 4.65. The molecule has 5 heteroatoms. The van der Waals surface area contributed by atoms with Gasteiger partial charge in [-0.3, -0.25) is 4.68 Å². The molecule has 0 bridgehead atoms. The fourth-order valence-electron chi connectivity index (χ4n) is 1.71. The number of hydrogen-bond donors (Lipinski definition) is 1. The minimum atomic E-state index is 0.141. The Morgan fingerprint density at radius 1 is 1.30 bits per heavy atom. The molecule has 0 spiro atoms. The van der Waals surface area contributed by atoms with E-state index in [4.69, 9.17) is 0 Å². The van der Waals surface area contributed by atoms with E-state index in [-0.39, 0.29) is 5.54 Å². The van der Waals surface area contributed by atoms with Gasteiger partial charge < -0.3 is 5.32 Å². The summed E-state index contributed by atoms with van der Waals surface area (Å²) in [5.41, 5.74) is 1.45. The van der Waals surface area contributed by atoms with Crippen molar-refractivity contribution in [2.75, 3.05) is 0 Å². The summed E-state index contributed by atoms with van der Waals surface area (Å²) in [6, 6.07) is 8.64. The molecule has 108 valence electrons. The molecule has 2 rings (SSSR count). The topological polar surface area (TPSA) is 42.7 Å². The lowest BCUT2D eigenvalue weighted by molar-refractivity contribution is 0.424. The lowest BCUT2D eigenvalue weighted by Gasteiger charge is -2.20. The molecule has 1 aromatic heterocycles. The van der Waals surface area contributed by atoms with Crippen LogP contribution in [0.3, 0.4) is 0 Å². The van der Waals surface area contributed by atoms with E-state index in [9.17, 15) is 0 Å². The molecule has 0 aliphatic carbocycles. The van der Waals surface area contributed by atoms with Crippen molar-refractivity contribution in [2.24, 2.45) is 7.05 Å². The second kappa shape index (κ2) is 6.41. The average Bonchev–Trinajstić information content (AvgIpc) is 2.79. The second-order valence-electron chi connectivity index (χ2n) is 5.84. The van der Waals surface area contributed by atoms with Gasteiger partial charge in [0.05, 0.1) is 5.75 Å². The first-order valence-electron chi connectivity index (χ1n) is 6.74. The summed E-state index contributed by atoms with van der Waals surface area (Å²) in [5, 5.41) is 7.59. The normalized spacial score (nSPS) is 11.8. The van der Waals surface area contributed by atoms with E-state index in [1.165, 1.54) is 10.5 Å². The molecule has 0 amide bonds. The van der Waals surface area contributed by atoms with Crippen molar-refractivity contribution < 1.29 is 0 Å². The van der Waals surface area contributed by atoms with Gasteiger partial charge in [-0.2, -0.15) is 5.10 Å². The molecule has 0 aliphatic heterocycles. The fourth-order valence-corrected chi connectivity index (χ4v) is 2.68. The highest BCUT2D eigenvalue weighted by Gasteiger charge is 2.08. The Morgan fingerprint density at radius 2 is 2.10 bits per heavy atom. The number of benzene rings is 1. The van der Waals surface area contributed by atoms with Crippen molar-refractivity contribution in [3.05, 3.63) is 42.0 Å². The lowest BCUT2D eigenvalue weighted by atomic mass is 10.1. The Hall–Kier alpha value is -1.33. The van der Waals surface area contributed by atoms with Crippen LogP contribution in [-0.2, 0) is 19.3 Å². The average molecular weight is 290 g/mol. The first kappa shape index (κ1) is 15.1. The van der Waals surface area contributed by atoms with E-state index in [0.717, 1.165) is 18.1 Å². The number of thioether (sulfide) groups is 1. The highest BCUT2D eigenvalue weighted by molar-refractivity contribution is 7.98. The largest absolute Gasteiger partial charge is 0.308 e. The van der Waals surface area contributed by atoms with E-state index < -0.39 is 0 Å². The van der Waals surface area contributed by atoms with Crippen molar-refractivity contribution in [1.82, 2.24) is 20.1 Å². The van der Waals surface area contributed by atoms with Gasteiger partial charge in [-0.05, 0) is 38.5 Å². The van der Waals surface area contributed by atoms with Crippen molar-refractivity contribution >= 4 is 11.8 Å². The van der Waals surface area contributed by atoms with E-state index >= 15 is 0 Å². The molecule has 0 saturated heterocycles. The Balaban J connectivity index is 1.94. The molecular formula is C15H22N4S. The van der Waals surface area contributed by atoms with Crippen LogP contribution in [0.15, 0.2) is 35.5 Å². The van der Waals surface area contributed by atoms with Crippen LogP contribution < -0.4 is 5.32 Å². The summed E-state index contributed by atoms with van der Waals surface area (Å²) in [7, 11) is 1.92. The Kier molecular flexibility index (Phi) is 4.83. The summed E-state index contributed by atoms with van der Waals surface area (Å²) >= 11 is 1.79. The van der Waals surface area contributed by atoms with E-state index in [1.54, 1.807) is 18.1 Å². The van der Waals surface area contributed by atoms with Gasteiger partial charge in [-0.1, -0.05) is 12.1 Å². The van der Waals surface area contributed by atoms with Crippen LogP contribution in [0.25, 0.3) is 0 Å². The first-order chi connectivity index (χ1) is 9.44. The summed E-state index contributed by atoms with van der Waals surface area (Å²) in [5.74, 6) is 1.83. The van der Waals surface area contributed by atoms with Gasteiger partial charge in [-0.15, -0.1) is 11.8 Å². The van der Waals surface area contributed by atoms with Crippen LogP contribution in [0.2, 0.25) is 0 Å². The van der Waals surface area contributed by atoms with Gasteiger partial charge in [-0.25, -0.2) is 4.98 Å². The quantitative estimate of drug-likeness (QED) is 0.860. The van der Waals surface area contributed by atoms with Gasteiger partial charge in [0.15, 0.2) is 0 Å². The lowest BCUT2D eigenvalue weighted by Crippen LogP contribution is -2.35. The van der Waals surface area contributed by atoms with Crippen LogP contribution in [0.4, 0.5) is 0 Å². The van der Waals surface area contributed by atoms with Gasteiger partial charge in [0, 0.05) is 24.0 Å². The number of nitrogens with one attached hydrogen (secondary N) is 1. The summed E-state index contributed by atoms with van der Waals surface area (Å²) in [4.78, 5) is 5.51. The predicted molar refractivity (Wildman–Crippen MR) is 83.6 cm³/mol. The van der Waals surface area contributed by atoms with Gasteiger partial charge in [0.25, 0.3) is 0 Å².